The van der Waals surface area contributed by atoms with Crippen molar-refractivity contribution < 1.29 is 27.1 Å². The molecule has 0 N–H and O–H groups in total. The zero-order valence-electron chi connectivity index (χ0n) is 21.0. The van der Waals surface area contributed by atoms with Gasteiger partial charge < -0.3 is 19.1 Å². The van der Waals surface area contributed by atoms with Crippen molar-refractivity contribution in [2.24, 2.45) is 5.92 Å². The molecule has 3 aromatic rings. The Morgan fingerprint density at radius 1 is 1.03 bits per heavy atom. The second-order valence-corrected chi connectivity index (χ2v) is 10.0. The highest BCUT2D eigenvalue weighted by molar-refractivity contribution is 5.75. The summed E-state index contributed by atoms with van der Waals surface area (Å²) in [6.45, 7) is 1.82. The van der Waals surface area contributed by atoms with Gasteiger partial charge in [-0.3, -0.25) is 0 Å². The fraction of sp³-hybridized carbons (Fsp3) is 0.393. The molecule has 2 aliphatic rings. The van der Waals surface area contributed by atoms with Gasteiger partial charge in [0.25, 0.3) is 0 Å². The molecule has 0 spiro atoms. The van der Waals surface area contributed by atoms with Gasteiger partial charge in [-0.1, -0.05) is 18.2 Å². The Balaban J connectivity index is 1.39. The smallest absolute Gasteiger partial charge is 0.406 e. The average Bonchev–Trinajstić information content (AvgIpc) is 3.43. The Morgan fingerprint density at radius 3 is 2.41 bits per heavy atom. The van der Waals surface area contributed by atoms with Crippen LogP contribution in [0.5, 0.6) is 5.75 Å². The summed E-state index contributed by atoms with van der Waals surface area (Å²) in [5, 5.41) is 9.20. The summed E-state index contributed by atoms with van der Waals surface area (Å²) >= 11 is 0. The first-order chi connectivity index (χ1) is 18.7. The van der Waals surface area contributed by atoms with E-state index in [4.69, 9.17) is 0 Å². The average molecular weight is 542 g/mol. The lowest BCUT2D eigenvalue weighted by Gasteiger charge is -2.41. The number of carbonyl (C=O) groups excluding carboxylic acids is 1. The highest BCUT2D eigenvalue weighted by Crippen LogP contribution is 2.37. The number of ether oxygens (including phenoxy) is 1. The monoisotopic (exact) mass is 541 g/mol. The van der Waals surface area contributed by atoms with E-state index < -0.39 is 6.36 Å². The van der Waals surface area contributed by atoms with Crippen LogP contribution in [0.3, 0.4) is 0 Å². The molecule has 7 nitrogen and oxygen atoms in total. The number of nitriles is 1. The molecule has 39 heavy (non-hydrogen) atoms. The van der Waals surface area contributed by atoms with Gasteiger partial charge in [-0.2, -0.15) is 5.26 Å². The van der Waals surface area contributed by atoms with E-state index in [1.54, 1.807) is 45.0 Å². The summed E-state index contributed by atoms with van der Waals surface area (Å²) in [4.78, 5) is 21.6. The molecule has 2 amide bonds. The Labute approximate surface area is 223 Å². The van der Waals surface area contributed by atoms with Crippen molar-refractivity contribution >= 4 is 6.03 Å². The van der Waals surface area contributed by atoms with Gasteiger partial charge in [0.05, 0.1) is 18.1 Å². The van der Waals surface area contributed by atoms with Gasteiger partial charge in [-0.05, 0) is 55.2 Å². The van der Waals surface area contributed by atoms with Crippen LogP contribution in [0.4, 0.5) is 22.4 Å². The lowest BCUT2D eigenvalue weighted by molar-refractivity contribution is -0.274. The van der Waals surface area contributed by atoms with Crippen molar-refractivity contribution in [2.45, 2.75) is 37.5 Å². The zero-order chi connectivity index (χ0) is 27.6. The quantitative estimate of drug-likeness (QED) is 0.389. The van der Waals surface area contributed by atoms with Crippen LogP contribution >= 0.6 is 0 Å². The number of rotatable bonds is 4. The normalized spacial score (nSPS) is 20.5. The lowest BCUT2D eigenvalue weighted by Crippen LogP contribution is -2.51. The largest absolute Gasteiger partial charge is 0.573 e. The number of amides is 2. The molecule has 2 aliphatic heterocycles. The van der Waals surface area contributed by atoms with Crippen LogP contribution in [-0.4, -0.2) is 57.9 Å². The lowest BCUT2D eigenvalue weighted by atomic mass is 9.83. The topological polar surface area (TPSA) is 74.4 Å². The molecule has 2 unspecified atom stereocenters. The third-order valence-electron chi connectivity index (χ3n) is 7.38. The van der Waals surface area contributed by atoms with Crippen LogP contribution in [0.25, 0.3) is 5.69 Å². The first-order valence-electron chi connectivity index (χ1n) is 12.8. The summed E-state index contributed by atoms with van der Waals surface area (Å²) in [5.74, 6) is -1.02. The molecule has 3 heterocycles. The minimum atomic E-state index is -4.78. The van der Waals surface area contributed by atoms with Crippen molar-refractivity contribution in [1.29, 1.82) is 5.26 Å². The van der Waals surface area contributed by atoms with Crippen LogP contribution in [0.1, 0.15) is 42.4 Å². The Hall–Kier alpha value is -4.07. The predicted octanol–water partition coefficient (Wildman–Crippen LogP) is 5.84. The number of piperidine rings is 2. The van der Waals surface area contributed by atoms with Gasteiger partial charge in [-0.25, -0.2) is 14.2 Å². The van der Waals surface area contributed by atoms with Gasteiger partial charge in [0.1, 0.15) is 11.6 Å². The Bertz CT molecular complexity index is 1340. The van der Waals surface area contributed by atoms with Crippen molar-refractivity contribution in [1.82, 2.24) is 19.4 Å². The summed E-state index contributed by atoms with van der Waals surface area (Å²) in [5.41, 5.74) is 2.15. The number of imidazole rings is 1. The van der Waals surface area contributed by atoms with E-state index in [0.29, 0.717) is 51.1 Å². The molecule has 204 valence electrons. The maximum Gasteiger partial charge on any atom is 0.573 e. The first kappa shape index (κ1) is 26.5. The van der Waals surface area contributed by atoms with Crippen LogP contribution in [0.2, 0.25) is 0 Å². The van der Waals surface area contributed by atoms with E-state index in [9.17, 15) is 27.6 Å². The molecule has 2 atom stereocenters. The maximum atomic E-state index is 13.8. The molecule has 2 fully saturated rings. The molecule has 11 heteroatoms. The molecule has 2 saturated heterocycles. The predicted molar refractivity (Wildman–Crippen MR) is 134 cm³/mol. The van der Waals surface area contributed by atoms with Gasteiger partial charge in [0, 0.05) is 55.8 Å². The number of urea groups is 1. The van der Waals surface area contributed by atoms with Crippen LogP contribution < -0.4 is 4.74 Å². The van der Waals surface area contributed by atoms with E-state index in [1.807, 2.05) is 6.20 Å². The van der Waals surface area contributed by atoms with E-state index >= 15 is 0 Å². The van der Waals surface area contributed by atoms with E-state index in [-0.39, 0.29) is 35.4 Å². The number of benzene rings is 2. The third-order valence-corrected chi connectivity index (χ3v) is 7.38. The molecule has 0 bridgehead atoms. The van der Waals surface area contributed by atoms with Gasteiger partial charge >= 0.3 is 12.4 Å². The molecular weight excluding hydrogens is 514 g/mol. The number of hydrogen-bond acceptors (Lipinski definition) is 4. The van der Waals surface area contributed by atoms with Crippen LogP contribution in [0, 0.1) is 23.1 Å². The highest BCUT2D eigenvalue weighted by Gasteiger charge is 2.36. The highest BCUT2D eigenvalue weighted by atomic mass is 19.4. The van der Waals surface area contributed by atoms with Gasteiger partial charge in [-0.15, -0.1) is 13.2 Å². The number of alkyl halides is 3. The molecule has 5 rings (SSSR count). The summed E-state index contributed by atoms with van der Waals surface area (Å²) in [6.07, 6.45) is 0.530. The summed E-state index contributed by atoms with van der Waals surface area (Å²) < 4.78 is 57.4. The van der Waals surface area contributed by atoms with Gasteiger partial charge in [0.2, 0.25) is 0 Å². The minimum Gasteiger partial charge on any atom is -0.406 e. The van der Waals surface area contributed by atoms with Crippen LogP contribution in [0.15, 0.2) is 61.1 Å². The van der Waals surface area contributed by atoms with Crippen LogP contribution in [-0.2, 0) is 0 Å². The molecule has 0 aliphatic carbocycles. The third kappa shape index (κ3) is 6.33. The van der Waals surface area contributed by atoms with Crippen molar-refractivity contribution in [3.63, 3.8) is 0 Å². The minimum absolute atomic E-state index is 0.0554. The number of halogens is 4. The maximum absolute atomic E-state index is 13.8. The summed E-state index contributed by atoms with van der Waals surface area (Å²) in [7, 11) is 0. The molecule has 1 aromatic heterocycles. The standard InChI is InChI=1S/C28H27F4N5O2/c29-23-2-1-3-24(13-23)37-17-26(34-18-37)22-12-21(20-4-6-25(7-5-20)39-28(30,31)32)15-36(16-22)27(38)35-10-8-19(14-33)9-11-35/h1-7,13,17-19,21-22H,8-12,15-16H2. The fourth-order valence-electron chi connectivity index (χ4n) is 5.38. The Kier molecular flexibility index (Phi) is 7.46. The number of aromatic nitrogens is 2. The fourth-order valence-corrected chi connectivity index (χ4v) is 5.38. The second-order valence-electron chi connectivity index (χ2n) is 10.0. The van der Waals surface area contributed by atoms with Crippen molar-refractivity contribution in [2.75, 3.05) is 26.2 Å². The van der Waals surface area contributed by atoms with E-state index in [1.165, 1.54) is 24.3 Å². The first-order valence-corrected chi connectivity index (χ1v) is 12.8. The summed E-state index contributed by atoms with van der Waals surface area (Å²) in [6, 6.07) is 14.1. The van der Waals surface area contributed by atoms with Crippen molar-refractivity contribution in [3.05, 3.63) is 78.1 Å². The molecular formula is C28H27F4N5O2. The zero-order valence-corrected chi connectivity index (χ0v) is 21.0. The molecule has 0 radical (unpaired) electrons. The number of hydrogen-bond donors (Lipinski definition) is 0. The number of nitrogens with zero attached hydrogens (tertiary/aromatic N) is 5. The number of likely N-dealkylation sites (tertiary alicyclic amines) is 2. The Morgan fingerprint density at radius 2 is 1.74 bits per heavy atom. The number of carbonyl (C=O) groups is 1. The molecule has 0 saturated carbocycles. The second kappa shape index (κ2) is 11.0. The molecule has 2 aromatic carbocycles. The van der Waals surface area contributed by atoms with E-state index in [2.05, 4.69) is 15.8 Å². The van der Waals surface area contributed by atoms with E-state index in [0.717, 1.165) is 11.3 Å². The van der Waals surface area contributed by atoms with Crippen molar-refractivity contribution in [3.8, 4) is 17.5 Å². The van der Waals surface area contributed by atoms with Gasteiger partial charge in [0.15, 0.2) is 0 Å². The SMILES string of the molecule is N#CC1CCN(C(=O)N2CC(c3ccc(OC(F)(F)F)cc3)CC(c3cn(-c4cccc(F)c4)cn3)C2)CC1.